The quantitative estimate of drug-likeness (QED) is 0.327. The predicted octanol–water partition coefficient (Wildman–Crippen LogP) is 1.66. The fourth-order valence-electron chi connectivity index (χ4n) is 3.41. The van der Waals surface area contributed by atoms with Gasteiger partial charge in [0, 0.05) is 16.7 Å². The molecule has 10 nitrogen and oxygen atoms in total. The van der Waals surface area contributed by atoms with Crippen molar-refractivity contribution in [1.82, 2.24) is 10.3 Å². The van der Waals surface area contributed by atoms with Crippen molar-refractivity contribution >= 4 is 34.9 Å². The van der Waals surface area contributed by atoms with Crippen LogP contribution in [0.2, 0.25) is 0 Å². The Hall–Kier alpha value is -3.73. The number of pyridine rings is 1. The van der Waals surface area contributed by atoms with E-state index in [1.165, 1.54) is 0 Å². The standard InChI is InChI=1S/C18H15ClN8O2/c19-3-9-1-8(2-10-5-28-7-29-15(9)10)14-12-13(22)11(4-20)16(23)26-17(12)27-18(25-14)24-6-21/h1-2,14H,3,5,7H2,(H6,22,23,24,25,26,27). The van der Waals surface area contributed by atoms with Crippen LogP contribution in [0.15, 0.2) is 17.1 Å². The fraction of sp³-hybridized carbons (Fsp3) is 0.222. The highest BCUT2D eigenvalue weighted by Crippen LogP contribution is 2.42. The largest absolute Gasteiger partial charge is 0.467 e. The summed E-state index contributed by atoms with van der Waals surface area (Å²) in [4.78, 5) is 8.79. The number of nitrogens with one attached hydrogen (secondary N) is 2. The summed E-state index contributed by atoms with van der Waals surface area (Å²) in [6, 6.07) is 5.05. The average molecular weight is 411 g/mol. The van der Waals surface area contributed by atoms with Crippen LogP contribution >= 0.6 is 11.6 Å². The van der Waals surface area contributed by atoms with Gasteiger partial charge in [0.15, 0.2) is 13.0 Å². The smallest absolute Gasteiger partial charge is 0.211 e. The van der Waals surface area contributed by atoms with E-state index in [2.05, 4.69) is 20.6 Å². The topological polar surface area (TPSA) is 167 Å². The highest BCUT2D eigenvalue weighted by molar-refractivity contribution is 6.17. The summed E-state index contributed by atoms with van der Waals surface area (Å²) < 4.78 is 11.0. The van der Waals surface area contributed by atoms with E-state index in [1.807, 2.05) is 24.4 Å². The number of aliphatic imine (C=N–C) groups is 1. The minimum atomic E-state index is -0.656. The van der Waals surface area contributed by atoms with Gasteiger partial charge >= 0.3 is 0 Å². The lowest BCUT2D eigenvalue weighted by Gasteiger charge is -2.28. The molecule has 6 N–H and O–H groups in total. The van der Waals surface area contributed by atoms with Crippen molar-refractivity contribution in [3.63, 3.8) is 0 Å². The predicted molar refractivity (Wildman–Crippen MR) is 106 cm³/mol. The summed E-state index contributed by atoms with van der Waals surface area (Å²) in [6.45, 7) is 0.513. The summed E-state index contributed by atoms with van der Waals surface area (Å²) in [6.07, 6.45) is 1.82. The summed E-state index contributed by atoms with van der Waals surface area (Å²) in [7, 11) is 0. The normalized spacial score (nSPS) is 16.8. The Morgan fingerprint density at radius 2 is 2.17 bits per heavy atom. The number of halogens is 1. The number of rotatable bonds is 2. The molecule has 0 bridgehead atoms. The van der Waals surface area contributed by atoms with Gasteiger partial charge in [-0.15, -0.1) is 11.6 Å². The number of benzene rings is 1. The van der Waals surface area contributed by atoms with Gasteiger partial charge in [-0.2, -0.15) is 10.5 Å². The highest BCUT2D eigenvalue weighted by Gasteiger charge is 2.31. The van der Waals surface area contributed by atoms with Crippen LogP contribution in [0, 0.1) is 22.8 Å². The SMILES string of the molecule is N#CNC1=NC(c2cc(CCl)c3c(c2)COCO3)c2c(nc(N)c(C#N)c2N)N1. The number of ether oxygens (including phenoxy) is 2. The molecule has 0 fully saturated rings. The number of nitriles is 2. The van der Waals surface area contributed by atoms with Gasteiger partial charge < -0.3 is 26.3 Å². The zero-order valence-electron chi connectivity index (χ0n) is 15.0. The van der Waals surface area contributed by atoms with E-state index < -0.39 is 6.04 Å². The number of alkyl halides is 1. The second kappa shape index (κ2) is 7.36. The van der Waals surface area contributed by atoms with E-state index in [0.29, 0.717) is 23.7 Å². The van der Waals surface area contributed by atoms with Crippen molar-refractivity contribution in [2.45, 2.75) is 18.5 Å². The minimum absolute atomic E-state index is 0.0121. The van der Waals surface area contributed by atoms with Crippen LogP contribution in [0.5, 0.6) is 5.75 Å². The van der Waals surface area contributed by atoms with Crippen LogP contribution in [0.1, 0.15) is 33.9 Å². The van der Waals surface area contributed by atoms with Crippen molar-refractivity contribution in [2.24, 2.45) is 4.99 Å². The summed E-state index contributed by atoms with van der Waals surface area (Å²) in [5, 5.41) is 23.8. The first-order valence-corrected chi connectivity index (χ1v) is 9.01. The number of aromatic nitrogens is 1. The van der Waals surface area contributed by atoms with Crippen LogP contribution in [0.25, 0.3) is 0 Å². The Labute approximate surface area is 170 Å². The molecule has 4 rings (SSSR count). The molecule has 1 atom stereocenters. The van der Waals surface area contributed by atoms with Crippen LogP contribution in [0.4, 0.5) is 17.3 Å². The van der Waals surface area contributed by atoms with Gasteiger partial charge in [-0.25, -0.2) is 9.98 Å². The maximum atomic E-state index is 9.42. The molecule has 0 saturated heterocycles. The Bertz CT molecular complexity index is 1100. The molecule has 2 aliphatic heterocycles. The Morgan fingerprint density at radius 1 is 1.34 bits per heavy atom. The van der Waals surface area contributed by atoms with Crippen LogP contribution in [-0.4, -0.2) is 17.7 Å². The highest BCUT2D eigenvalue weighted by atomic mass is 35.5. The number of hydrogen-bond donors (Lipinski definition) is 4. The molecule has 0 spiro atoms. The Morgan fingerprint density at radius 3 is 2.90 bits per heavy atom. The Balaban J connectivity index is 1.94. The molecular formula is C18H15ClN8O2. The molecule has 1 unspecified atom stereocenters. The molecule has 2 aliphatic rings. The number of nitrogens with two attached hydrogens (primary N) is 2. The summed E-state index contributed by atoms with van der Waals surface area (Å²) >= 11 is 6.13. The molecule has 29 heavy (non-hydrogen) atoms. The molecule has 1 aromatic carbocycles. The van der Waals surface area contributed by atoms with E-state index in [4.69, 9.17) is 37.8 Å². The molecule has 2 aromatic rings. The van der Waals surface area contributed by atoms with Gasteiger partial charge in [-0.3, -0.25) is 5.32 Å². The van der Waals surface area contributed by atoms with Gasteiger partial charge in [0.25, 0.3) is 0 Å². The van der Waals surface area contributed by atoms with Crippen LogP contribution < -0.4 is 26.8 Å². The molecule has 0 aliphatic carbocycles. The molecule has 0 radical (unpaired) electrons. The molecule has 11 heteroatoms. The monoisotopic (exact) mass is 410 g/mol. The third kappa shape index (κ3) is 3.10. The van der Waals surface area contributed by atoms with E-state index in [1.54, 1.807) is 0 Å². The van der Waals surface area contributed by atoms with Gasteiger partial charge in [-0.05, 0) is 17.7 Å². The second-order valence-corrected chi connectivity index (χ2v) is 6.58. The lowest BCUT2D eigenvalue weighted by atomic mass is 9.92. The average Bonchev–Trinajstić information content (AvgIpc) is 2.72. The van der Waals surface area contributed by atoms with E-state index in [9.17, 15) is 5.26 Å². The van der Waals surface area contributed by atoms with Gasteiger partial charge in [0.2, 0.25) is 5.96 Å². The number of guanidine groups is 1. The van der Waals surface area contributed by atoms with Crippen molar-refractivity contribution < 1.29 is 9.47 Å². The van der Waals surface area contributed by atoms with Crippen molar-refractivity contribution in [1.29, 1.82) is 10.5 Å². The fourth-order valence-corrected chi connectivity index (χ4v) is 3.60. The van der Waals surface area contributed by atoms with E-state index in [-0.39, 0.29) is 35.7 Å². The number of fused-ring (bicyclic) bond motifs is 2. The summed E-state index contributed by atoms with van der Waals surface area (Å²) in [5.41, 5.74) is 15.2. The maximum absolute atomic E-state index is 9.42. The van der Waals surface area contributed by atoms with Gasteiger partial charge in [-0.1, -0.05) is 0 Å². The summed E-state index contributed by atoms with van der Waals surface area (Å²) in [5.74, 6) is 1.39. The van der Waals surface area contributed by atoms with E-state index in [0.717, 1.165) is 16.7 Å². The lowest BCUT2D eigenvalue weighted by Crippen LogP contribution is -2.33. The molecular weight excluding hydrogens is 396 g/mol. The third-order valence-electron chi connectivity index (χ3n) is 4.63. The zero-order valence-corrected chi connectivity index (χ0v) is 15.7. The zero-order chi connectivity index (χ0) is 20.5. The first-order chi connectivity index (χ1) is 14.1. The van der Waals surface area contributed by atoms with Gasteiger partial charge in [0.1, 0.15) is 35.1 Å². The lowest BCUT2D eigenvalue weighted by molar-refractivity contribution is -0.0169. The van der Waals surface area contributed by atoms with Gasteiger partial charge in [0.05, 0.1) is 18.2 Å². The van der Waals surface area contributed by atoms with Crippen LogP contribution in [-0.2, 0) is 17.2 Å². The molecule has 3 heterocycles. The third-order valence-corrected chi connectivity index (χ3v) is 4.91. The second-order valence-electron chi connectivity index (χ2n) is 6.31. The first kappa shape index (κ1) is 18.6. The molecule has 1 aromatic heterocycles. The molecule has 0 saturated carbocycles. The Kier molecular flexibility index (Phi) is 4.72. The number of anilines is 3. The van der Waals surface area contributed by atoms with Crippen molar-refractivity contribution in [3.8, 4) is 18.0 Å². The number of hydrogen-bond acceptors (Lipinski definition) is 10. The first-order valence-electron chi connectivity index (χ1n) is 8.48. The number of nitrogen functional groups attached to an aromatic ring is 2. The number of nitrogens with zero attached hydrogens (tertiary/aromatic N) is 4. The molecule has 146 valence electrons. The van der Waals surface area contributed by atoms with Crippen molar-refractivity contribution in [3.05, 3.63) is 39.9 Å². The van der Waals surface area contributed by atoms with E-state index >= 15 is 0 Å². The minimum Gasteiger partial charge on any atom is -0.467 e. The molecule has 0 amide bonds. The van der Waals surface area contributed by atoms with Crippen molar-refractivity contribution in [2.75, 3.05) is 23.6 Å². The maximum Gasteiger partial charge on any atom is 0.211 e. The van der Waals surface area contributed by atoms with Crippen LogP contribution in [0.3, 0.4) is 0 Å².